The van der Waals surface area contributed by atoms with Crippen molar-refractivity contribution in [3.8, 4) is 0 Å². The van der Waals surface area contributed by atoms with E-state index in [2.05, 4.69) is 23.6 Å². The predicted molar refractivity (Wildman–Crippen MR) is 64.3 cm³/mol. The molecule has 0 saturated heterocycles. The third-order valence-corrected chi connectivity index (χ3v) is 2.68. The summed E-state index contributed by atoms with van der Waals surface area (Å²) in [6, 6.07) is 10.3. The average molecular weight is 208 g/mol. The van der Waals surface area contributed by atoms with Gasteiger partial charge in [-0.2, -0.15) is 0 Å². The highest BCUT2D eigenvalue weighted by Gasteiger charge is 1.86. The molecule has 0 atom stereocenters. The standard InChI is InChI=1S/C12H16OS/c13-9-4-5-10-14-11-8-12-6-2-1-3-7-12/h1-3,6-8,11,13H,4-5,9-10H2/b11-8+. The van der Waals surface area contributed by atoms with E-state index >= 15 is 0 Å². The smallest absolute Gasteiger partial charge is 0.0431 e. The van der Waals surface area contributed by atoms with Crippen LogP contribution in [0, 0.1) is 0 Å². The molecule has 1 nitrogen and oxygen atoms in total. The highest BCUT2D eigenvalue weighted by atomic mass is 32.2. The van der Waals surface area contributed by atoms with Crippen molar-refractivity contribution in [1.82, 2.24) is 0 Å². The number of hydrogen-bond acceptors (Lipinski definition) is 2. The van der Waals surface area contributed by atoms with Crippen molar-refractivity contribution >= 4 is 17.8 Å². The Kier molecular flexibility index (Phi) is 6.20. The van der Waals surface area contributed by atoms with Gasteiger partial charge in [0.2, 0.25) is 0 Å². The second-order valence-electron chi connectivity index (χ2n) is 3.01. The fraction of sp³-hybridized carbons (Fsp3) is 0.333. The zero-order chi connectivity index (χ0) is 10.1. The van der Waals surface area contributed by atoms with E-state index in [0.29, 0.717) is 6.61 Å². The van der Waals surface area contributed by atoms with E-state index < -0.39 is 0 Å². The highest BCUT2D eigenvalue weighted by molar-refractivity contribution is 8.02. The number of aliphatic hydroxyl groups is 1. The van der Waals surface area contributed by atoms with Gasteiger partial charge in [0.05, 0.1) is 0 Å². The number of benzene rings is 1. The molecule has 76 valence electrons. The lowest BCUT2D eigenvalue weighted by molar-refractivity contribution is 0.287. The van der Waals surface area contributed by atoms with Crippen LogP contribution in [0.5, 0.6) is 0 Å². The number of aliphatic hydroxyl groups excluding tert-OH is 1. The molecule has 0 spiro atoms. The molecule has 1 N–H and O–H groups in total. The van der Waals surface area contributed by atoms with Crippen LogP contribution in [-0.4, -0.2) is 17.5 Å². The molecule has 0 aliphatic heterocycles. The topological polar surface area (TPSA) is 20.2 Å². The van der Waals surface area contributed by atoms with E-state index in [0.717, 1.165) is 18.6 Å². The van der Waals surface area contributed by atoms with Gasteiger partial charge in [0.1, 0.15) is 0 Å². The first kappa shape index (κ1) is 11.3. The Morgan fingerprint density at radius 1 is 1.14 bits per heavy atom. The van der Waals surface area contributed by atoms with E-state index in [-0.39, 0.29) is 0 Å². The van der Waals surface area contributed by atoms with E-state index in [9.17, 15) is 0 Å². The van der Waals surface area contributed by atoms with Crippen molar-refractivity contribution in [2.45, 2.75) is 12.8 Å². The van der Waals surface area contributed by atoms with Gasteiger partial charge in [0.25, 0.3) is 0 Å². The van der Waals surface area contributed by atoms with Crippen molar-refractivity contribution in [2.75, 3.05) is 12.4 Å². The molecule has 2 heteroatoms. The Hall–Kier alpha value is -0.730. The fourth-order valence-electron chi connectivity index (χ4n) is 1.06. The quantitative estimate of drug-likeness (QED) is 0.725. The van der Waals surface area contributed by atoms with Gasteiger partial charge in [-0.25, -0.2) is 0 Å². The molecule has 0 aliphatic carbocycles. The minimum absolute atomic E-state index is 0.308. The predicted octanol–water partition coefficient (Wildman–Crippen LogP) is 3.16. The lowest BCUT2D eigenvalue weighted by Gasteiger charge is -1.94. The van der Waals surface area contributed by atoms with Gasteiger partial charge in [-0.1, -0.05) is 30.3 Å². The van der Waals surface area contributed by atoms with E-state index in [4.69, 9.17) is 5.11 Å². The lowest BCUT2D eigenvalue weighted by Crippen LogP contribution is -1.83. The van der Waals surface area contributed by atoms with Gasteiger partial charge in [-0.05, 0) is 35.6 Å². The van der Waals surface area contributed by atoms with E-state index in [1.54, 1.807) is 11.8 Å². The van der Waals surface area contributed by atoms with Crippen LogP contribution in [-0.2, 0) is 0 Å². The van der Waals surface area contributed by atoms with Crippen LogP contribution in [0.1, 0.15) is 18.4 Å². The van der Waals surface area contributed by atoms with Crippen LogP contribution in [0.25, 0.3) is 6.08 Å². The Bertz CT molecular complexity index is 256. The first-order chi connectivity index (χ1) is 6.93. The van der Waals surface area contributed by atoms with Crippen molar-refractivity contribution in [3.63, 3.8) is 0 Å². The zero-order valence-corrected chi connectivity index (χ0v) is 9.04. The van der Waals surface area contributed by atoms with Crippen LogP contribution < -0.4 is 0 Å². The molecule has 0 radical (unpaired) electrons. The van der Waals surface area contributed by atoms with Crippen molar-refractivity contribution in [1.29, 1.82) is 0 Å². The molecular formula is C12H16OS. The summed E-state index contributed by atoms with van der Waals surface area (Å²) in [5.74, 6) is 1.09. The third-order valence-electron chi connectivity index (χ3n) is 1.83. The lowest BCUT2D eigenvalue weighted by atomic mass is 10.2. The first-order valence-corrected chi connectivity index (χ1v) is 5.92. The Morgan fingerprint density at radius 3 is 2.64 bits per heavy atom. The average Bonchev–Trinajstić information content (AvgIpc) is 2.25. The monoisotopic (exact) mass is 208 g/mol. The summed E-state index contributed by atoms with van der Waals surface area (Å²) in [4.78, 5) is 0. The fourth-order valence-corrected chi connectivity index (χ4v) is 1.82. The first-order valence-electron chi connectivity index (χ1n) is 4.87. The summed E-state index contributed by atoms with van der Waals surface area (Å²) in [5, 5.41) is 10.7. The summed E-state index contributed by atoms with van der Waals surface area (Å²) in [6.07, 6.45) is 4.11. The molecular weight excluding hydrogens is 192 g/mol. The zero-order valence-electron chi connectivity index (χ0n) is 8.23. The molecule has 0 aromatic heterocycles. The summed E-state index contributed by atoms with van der Waals surface area (Å²) in [7, 11) is 0. The summed E-state index contributed by atoms with van der Waals surface area (Å²) in [5.41, 5.74) is 1.24. The van der Waals surface area contributed by atoms with Gasteiger partial charge in [0.15, 0.2) is 0 Å². The van der Waals surface area contributed by atoms with Gasteiger partial charge in [-0.3, -0.25) is 0 Å². The van der Waals surface area contributed by atoms with Crippen LogP contribution in [0.2, 0.25) is 0 Å². The Labute approximate surface area is 89.8 Å². The minimum Gasteiger partial charge on any atom is -0.396 e. The van der Waals surface area contributed by atoms with E-state index in [1.165, 1.54) is 5.56 Å². The second-order valence-corrected chi connectivity index (χ2v) is 4.03. The largest absolute Gasteiger partial charge is 0.396 e. The molecule has 0 saturated carbocycles. The van der Waals surface area contributed by atoms with Gasteiger partial charge in [-0.15, -0.1) is 11.8 Å². The third kappa shape index (κ3) is 5.10. The molecule has 1 aromatic rings. The van der Waals surface area contributed by atoms with Gasteiger partial charge >= 0.3 is 0 Å². The maximum absolute atomic E-state index is 8.57. The molecule has 0 heterocycles. The van der Waals surface area contributed by atoms with Gasteiger partial charge in [0, 0.05) is 6.61 Å². The number of unbranched alkanes of at least 4 members (excludes halogenated alkanes) is 1. The van der Waals surface area contributed by atoms with Crippen LogP contribution in [0.4, 0.5) is 0 Å². The summed E-state index contributed by atoms with van der Waals surface area (Å²) >= 11 is 1.80. The molecule has 14 heavy (non-hydrogen) atoms. The second kappa shape index (κ2) is 7.65. The maximum atomic E-state index is 8.57. The number of thioether (sulfide) groups is 1. The molecule has 0 fully saturated rings. The minimum atomic E-state index is 0.308. The van der Waals surface area contributed by atoms with Crippen LogP contribution in [0.3, 0.4) is 0 Å². The van der Waals surface area contributed by atoms with E-state index in [1.807, 2.05) is 18.2 Å². The maximum Gasteiger partial charge on any atom is 0.0431 e. The van der Waals surface area contributed by atoms with Crippen LogP contribution in [0.15, 0.2) is 35.7 Å². The summed E-state index contributed by atoms with van der Waals surface area (Å²) in [6.45, 7) is 0.308. The van der Waals surface area contributed by atoms with Gasteiger partial charge < -0.3 is 5.11 Å². The number of rotatable bonds is 6. The van der Waals surface area contributed by atoms with Crippen molar-refractivity contribution in [2.24, 2.45) is 0 Å². The molecule has 0 bridgehead atoms. The molecule has 0 aliphatic rings. The Morgan fingerprint density at radius 2 is 1.93 bits per heavy atom. The molecule has 1 rings (SSSR count). The SMILES string of the molecule is OCCCCS/C=C/c1ccccc1. The molecule has 0 unspecified atom stereocenters. The van der Waals surface area contributed by atoms with Crippen molar-refractivity contribution < 1.29 is 5.11 Å². The Balaban J connectivity index is 2.15. The number of hydrogen-bond donors (Lipinski definition) is 1. The van der Waals surface area contributed by atoms with Crippen LogP contribution >= 0.6 is 11.8 Å². The highest BCUT2D eigenvalue weighted by Crippen LogP contribution is 2.09. The normalized spacial score (nSPS) is 10.9. The summed E-state index contributed by atoms with van der Waals surface area (Å²) < 4.78 is 0. The van der Waals surface area contributed by atoms with Crippen molar-refractivity contribution in [3.05, 3.63) is 41.3 Å². The molecule has 0 amide bonds. The molecule has 1 aromatic carbocycles.